The number of hydrogen-bond donors (Lipinski definition) is 2. The highest BCUT2D eigenvalue weighted by Crippen LogP contribution is 2.05. The number of carbonyl (C=O) groups excluding carboxylic acids is 2. The Morgan fingerprint density at radius 1 is 1.29 bits per heavy atom. The van der Waals surface area contributed by atoms with Crippen molar-refractivity contribution in [2.24, 2.45) is 0 Å². The van der Waals surface area contributed by atoms with Crippen LogP contribution < -0.4 is 10.6 Å². The summed E-state index contributed by atoms with van der Waals surface area (Å²) >= 11 is 1.61. The first-order valence-electron chi connectivity index (χ1n) is 5.30. The van der Waals surface area contributed by atoms with E-state index in [9.17, 15) is 9.59 Å². The Labute approximate surface area is 104 Å². The van der Waals surface area contributed by atoms with Crippen LogP contribution in [0.2, 0.25) is 0 Å². The van der Waals surface area contributed by atoms with E-state index in [2.05, 4.69) is 10.6 Å². The van der Waals surface area contributed by atoms with Gasteiger partial charge in [-0.3, -0.25) is 9.59 Å². The summed E-state index contributed by atoms with van der Waals surface area (Å²) in [6, 6.07) is 2.00. The lowest BCUT2D eigenvalue weighted by Crippen LogP contribution is -2.41. The number of hydrogen-bond acceptors (Lipinski definition) is 4. The van der Waals surface area contributed by atoms with Crippen molar-refractivity contribution < 1.29 is 14.3 Å². The lowest BCUT2D eigenvalue weighted by atomic mass is 10.2. The van der Waals surface area contributed by atoms with Crippen molar-refractivity contribution in [2.75, 3.05) is 26.8 Å². The van der Waals surface area contributed by atoms with E-state index in [1.54, 1.807) is 11.3 Å². The molecule has 1 aromatic rings. The van der Waals surface area contributed by atoms with E-state index in [1.807, 2.05) is 16.8 Å². The second-order valence-electron chi connectivity index (χ2n) is 3.39. The van der Waals surface area contributed by atoms with Crippen molar-refractivity contribution >= 4 is 23.2 Å². The van der Waals surface area contributed by atoms with E-state index in [0.29, 0.717) is 19.7 Å². The van der Waals surface area contributed by atoms with Gasteiger partial charge in [-0.2, -0.15) is 11.3 Å². The Kier molecular flexibility index (Phi) is 6.27. The van der Waals surface area contributed by atoms with Crippen molar-refractivity contribution in [3.8, 4) is 0 Å². The molecule has 0 spiro atoms. The number of ether oxygens (including phenoxy) is 1. The van der Waals surface area contributed by atoms with Crippen LogP contribution in [0.1, 0.15) is 5.56 Å². The van der Waals surface area contributed by atoms with Crippen molar-refractivity contribution in [2.45, 2.75) is 6.42 Å². The SMILES string of the molecule is COCCNC(=O)C(=O)NCCc1ccsc1. The van der Waals surface area contributed by atoms with Gasteiger partial charge >= 0.3 is 11.8 Å². The molecule has 94 valence electrons. The lowest BCUT2D eigenvalue weighted by molar-refractivity contribution is -0.139. The fourth-order valence-electron chi connectivity index (χ4n) is 1.18. The van der Waals surface area contributed by atoms with Crippen molar-refractivity contribution in [3.63, 3.8) is 0 Å². The standard InChI is InChI=1S/C11H16N2O3S/c1-16-6-5-13-11(15)10(14)12-4-2-9-3-7-17-8-9/h3,7-8H,2,4-6H2,1H3,(H,12,14)(H,13,15). The van der Waals surface area contributed by atoms with Gasteiger partial charge < -0.3 is 15.4 Å². The molecule has 1 heterocycles. The molecule has 6 heteroatoms. The van der Waals surface area contributed by atoms with E-state index in [4.69, 9.17) is 4.74 Å². The van der Waals surface area contributed by atoms with Gasteiger partial charge in [0.25, 0.3) is 0 Å². The molecule has 0 fully saturated rings. The first-order chi connectivity index (χ1) is 8.24. The van der Waals surface area contributed by atoms with Crippen LogP contribution in [-0.2, 0) is 20.7 Å². The van der Waals surface area contributed by atoms with Crippen LogP contribution in [0.25, 0.3) is 0 Å². The fraction of sp³-hybridized carbons (Fsp3) is 0.455. The molecule has 0 saturated carbocycles. The van der Waals surface area contributed by atoms with E-state index in [0.717, 1.165) is 12.0 Å². The molecule has 0 bridgehead atoms. The molecule has 1 rings (SSSR count). The molecule has 0 unspecified atom stereocenters. The molecule has 0 atom stereocenters. The zero-order chi connectivity index (χ0) is 12.5. The third-order valence-electron chi connectivity index (χ3n) is 2.08. The highest BCUT2D eigenvalue weighted by atomic mass is 32.1. The Balaban J connectivity index is 2.13. The summed E-state index contributed by atoms with van der Waals surface area (Å²) in [5.41, 5.74) is 1.16. The average molecular weight is 256 g/mol. The second kappa shape index (κ2) is 7.81. The number of methoxy groups -OCH3 is 1. The maximum Gasteiger partial charge on any atom is 0.309 e. The quantitative estimate of drug-likeness (QED) is 0.563. The minimum atomic E-state index is -0.618. The predicted molar refractivity (Wildman–Crippen MR) is 65.9 cm³/mol. The summed E-state index contributed by atoms with van der Waals surface area (Å²) in [5.74, 6) is -1.22. The van der Waals surface area contributed by atoms with Gasteiger partial charge in [-0.25, -0.2) is 0 Å². The van der Waals surface area contributed by atoms with Gasteiger partial charge in [0.05, 0.1) is 6.61 Å². The molecule has 2 N–H and O–H groups in total. The van der Waals surface area contributed by atoms with Gasteiger partial charge in [-0.05, 0) is 28.8 Å². The number of amides is 2. The van der Waals surface area contributed by atoms with Gasteiger partial charge in [0, 0.05) is 20.2 Å². The molecule has 5 nitrogen and oxygen atoms in total. The summed E-state index contributed by atoms with van der Waals surface area (Å²) in [7, 11) is 1.53. The van der Waals surface area contributed by atoms with Crippen LogP contribution in [0.5, 0.6) is 0 Å². The Morgan fingerprint density at radius 3 is 2.59 bits per heavy atom. The minimum absolute atomic E-state index is 0.341. The first-order valence-corrected chi connectivity index (χ1v) is 6.24. The molecule has 1 aromatic heterocycles. The van der Waals surface area contributed by atoms with Crippen LogP contribution in [0, 0.1) is 0 Å². The van der Waals surface area contributed by atoms with Crippen LogP contribution in [0.4, 0.5) is 0 Å². The third-order valence-corrected chi connectivity index (χ3v) is 2.81. The van der Waals surface area contributed by atoms with E-state index in [1.165, 1.54) is 7.11 Å². The molecule has 0 aliphatic carbocycles. The molecule has 17 heavy (non-hydrogen) atoms. The van der Waals surface area contributed by atoms with Gasteiger partial charge in [0.2, 0.25) is 0 Å². The van der Waals surface area contributed by atoms with Crippen molar-refractivity contribution in [1.82, 2.24) is 10.6 Å². The third kappa shape index (κ3) is 5.46. The van der Waals surface area contributed by atoms with Gasteiger partial charge in [0.15, 0.2) is 0 Å². The molecular weight excluding hydrogens is 240 g/mol. The van der Waals surface area contributed by atoms with Crippen LogP contribution >= 0.6 is 11.3 Å². The maximum atomic E-state index is 11.3. The summed E-state index contributed by atoms with van der Waals surface area (Å²) in [6.45, 7) is 1.20. The number of nitrogens with one attached hydrogen (secondary N) is 2. The summed E-state index contributed by atoms with van der Waals surface area (Å²) in [5, 5.41) is 9.01. The Bertz CT molecular complexity index is 352. The number of carbonyl (C=O) groups is 2. The van der Waals surface area contributed by atoms with Crippen molar-refractivity contribution in [3.05, 3.63) is 22.4 Å². The topological polar surface area (TPSA) is 67.4 Å². The van der Waals surface area contributed by atoms with Crippen LogP contribution in [0.3, 0.4) is 0 Å². The normalized spacial score (nSPS) is 9.94. The fourth-order valence-corrected chi connectivity index (χ4v) is 1.89. The van der Waals surface area contributed by atoms with Gasteiger partial charge in [0.1, 0.15) is 0 Å². The minimum Gasteiger partial charge on any atom is -0.383 e. The predicted octanol–water partition coefficient (Wildman–Crippen LogP) is 0.169. The molecule has 0 aliphatic heterocycles. The first kappa shape index (κ1) is 13.7. The maximum absolute atomic E-state index is 11.3. The summed E-state index contributed by atoms with van der Waals surface area (Å²) in [4.78, 5) is 22.5. The second-order valence-corrected chi connectivity index (χ2v) is 4.17. The Morgan fingerprint density at radius 2 is 2.00 bits per heavy atom. The highest BCUT2D eigenvalue weighted by Gasteiger charge is 2.11. The summed E-state index contributed by atoms with van der Waals surface area (Å²) in [6.07, 6.45) is 0.737. The van der Waals surface area contributed by atoms with E-state index < -0.39 is 11.8 Å². The molecular formula is C11H16N2O3S. The number of thiophene rings is 1. The zero-order valence-corrected chi connectivity index (χ0v) is 10.5. The number of rotatable bonds is 6. The van der Waals surface area contributed by atoms with Gasteiger partial charge in [-0.15, -0.1) is 0 Å². The molecule has 0 aliphatic rings. The smallest absolute Gasteiger partial charge is 0.309 e. The average Bonchev–Trinajstić information content (AvgIpc) is 2.82. The zero-order valence-electron chi connectivity index (χ0n) is 9.69. The molecule has 0 aromatic carbocycles. The molecule has 0 radical (unpaired) electrons. The molecule has 2 amide bonds. The largest absolute Gasteiger partial charge is 0.383 e. The Hall–Kier alpha value is -1.40. The lowest BCUT2D eigenvalue weighted by Gasteiger charge is -2.05. The monoisotopic (exact) mass is 256 g/mol. The van der Waals surface area contributed by atoms with E-state index in [-0.39, 0.29) is 0 Å². The van der Waals surface area contributed by atoms with Gasteiger partial charge in [-0.1, -0.05) is 0 Å². The van der Waals surface area contributed by atoms with Crippen LogP contribution in [-0.4, -0.2) is 38.6 Å². The summed E-state index contributed by atoms with van der Waals surface area (Å²) < 4.78 is 4.76. The highest BCUT2D eigenvalue weighted by molar-refractivity contribution is 7.07. The van der Waals surface area contributed by atoms with Crippen LogP contribution in [0.15, 0.2) is 16.8 Å². The molecule has 0 saturated heterocycles. The van der Waals surface area contributed by atoms with Crippen molar-refractivity contribution in [1.29, 1.82) is 0 Å². The van der Waals surface area contributed by atoms with E-state index >= 15 is 0 Å².